The zero-order valence-corrected chi connectivity index (χ0v) is 21.7. The van der Waals surface area contributed by atoms with Crippen molar-refractivity contribution in [3.8, 4) is 11.8 Å². The van der Waals surface area contributed by atoms with Gasteiger partial charge < -0.3 is 9.88 Å². The highest BCUT2D eigenvalue weighted by Crippen LogP contribution is 2.30. The van der Waals surface area contributed by atoms with Crippen molar-refractivity contribution in [3.05, 3.63) is 69.4 Å². The number of ketones is 1. The lowest BCUT2D eigenvalue weighted by Gasteiger charge is -2.25. The Morgan fingerprint density at radius 3 is 2.68 bits per heavy atom. The van der Waals surface area contributed by atoms with Crippen LogP contribution in [0.5, 0.6) is 0 Å². The maximum absolute atomic E-state index is 13.5. The second-order valence-corrected chi connectivity index (χ2v) is 9.58. The molecule has 0 radical (unpaired) electrons. The van der Waals surface area contributed by atoms with E-state index in [1.54, 1.807) is 18.3 Å². The molecule has 1 aromatic carbocycles. The van der Waals surface area contributed by atoms with Gasteiger partial charge in [0.25, 0.3) is 0 Å². The number of piperidine rings is 1. The number of nitrogens with one attached hydrogen (secondary N) is 1. The molecule has 4 rings (SSSR count). The molecule has 196 valence electrons. The van der Waals surface area contributed by atoms with Gasteiger partial charge >= 0.3 is 0 Å². The highest BCUT2D eigenvalue weighted by Gasteiger charge is 2.24. The van der Waals surface area contributed by atoms with Crippen LogP contribution in [0, 0.1) is 18.3 Å². The SMILES string of the molecule is Cc1c(C(=O)CN2CCCCC2)c2ncc(CCC(=O)NCCCN=[N+]=[N-])cc2n1-c1ccc(C#N)cc1. The van der Waals surface area contributed by atoms with Crippen LogP contribution in [0.15, 0.2) is 41.6 Å². The van der Waals surface area contributed by atoms with Gasteiger partial charge in [-0.05, 0) is 87.1 Å². The van der Waals surface area contributed by atoms with Crippen LogP contribution in [0.25, 0.3) is 27.2 Å². The molecule has 1 fully saturated rings. The lowest BCUT2D eigenvalue weighted by molar-refractivity contribution is -0.121. The molecule has 10 heteroatoms. The number of Topliss-reactive ketones (excluding diaryl/α,β-unsaturated/α-hetero) is 1. The Morgan fingerprint density at radius 1 is 1.21 bits per heavy atom. The molecular weight excluding hydrogens is 480 g/mol. The van der Waals surface area contributed by atoms with Gasteiger partial charge in [-0.2, -0.15) is 5.26 Å². The molecule has 10 nitrogen and oxygen atoms in total. The van der Waals surface area contributed by atoms with E-state index in [0.717, 1.165) is 48.4 Å². The number of rotatable bonds is 11. The molecule has 0 bridgehead atoms. The van der Waals surface area contributed by atoms with Crippen LogP contribution in [-0.4, -0.2) is 58.9 Å². The maximum atomic E-state index is 13.5. The number of aromatic nitrogens is 2. The number of benzene rings is 1. The van der Waals surface area contributed by atoms with Gasteiger partial charge in [0.2, 0.25) is 5.91 Å². The molecule has 0 spiro atoms. The van der Waals surface area contributed by atoms with Crippen molar-refractivity contribution in [1.29, 1.82) is 5.26 Å². The van der Waals surface area contributed by atoms with Crippen LogP contribution >= 0.6 is 0 Å². The average molecular weight is 513 g/mol. The number of aryl methyl sites for hydroxylation is 1. The van der Waals surface area contributed by atoms with E-state index in [0.29, 0.717) is 55.5 Å². The summed E-state index contributed by atoms with van der Waals surface area (Å²) >= 11 is 0. The van der Waals surface area contributed by atoms with Crippen LogP contribution in [0.3, 0.4) is 0 Å². The normalized spacial score (nSPS) is 13.6. The zero-order valence-electron chi connectivity index (χ0n) is 21.7. The molecule has 0 atom stereocenters. The Morgan fingerprint density at radius 2 is 1.97 bits per heavy atom. The first-order valence-electron chi connectivity index (χ1n) is 13.1. The number of amides is 1. The molecule has 0 unspecified atom stereocenters. The lowest BCUT2D eigenvalue weighted by Crippen LogP contribution is -2.34. The van der Waals surface area contributed by atoms with E-state index < -0.39 is 0 Å². The third-order valence-corrected chi connectivity index (χ3v) is 6.91. The van der Waals surface area contributed by atoms with Crippen molar-refractivity contribution >= 4 is 22.7 Å². The van der Waals surface area contributed by atoms with E-state index in [2.05, 4.69) is 26.3 Å². The van der Waals surface area contributed by atoms with Gasteiger partial charge in [-0.1, -0.05) is 11.5 Å². The smallest absolute Gasteiger partial charge is 0.220 e. The van der Waals surface area contributed by atoms with Gasteiger partial charge in [-0.25, -0.2) is 0 Å². The Labute approximate surface area is 221 Å². The first-order valence-corrected chi connectivity index (χ1v) is 13.1. The number of fused-ring (bicyclic) bond motifs is 1. The Kier molecular flexibility index (Phi) is 9.09. The predicted octanol–water partition coefficient (Wildman–Crippen LogP) is 4.62. The number of carbonyl (C=O) groups is 2. The first kappa shape index (κ1) is 26.9. The van der Waals surface area contributed by atoms with Crippen molar-refractivity contribution in [3.63, 3.8) is 0 Å². The summed E-state index contributed by atoms with van der Waals surface area (Å²) in [6, 6.07) is 11.4. The fourth-order valence-electron chi connectivity index (χ4n) is 4.98. The lowest BCUT2D eigenvalue weighted by atomic mass is 10.1. The Hall–Kier alpha value is -4.19. The average Bonchev–Trinajstić information content (AvgIpc) is 3.23. The third kappa shape index (κ3) is 6.38. The van der Waals surface area contributed by atoms with Crippen molar-refractivity contribution in [2.75, 3.05) is 32.7 Å². The van der Waals surface area contributed by atoms with Gasteiger partial charge in [-0.15, -0.1) is 0 Å². The summed E-state index contributed by atoms with van der Waals surface area (Å²) in [5.41, 5.74) is 13.5. The fourth-order valence-corrected chi connectivity index (χ4v) is 4.98. The topological polar surface area (TPSA) is 140 Å². The Balaban J connectivity index is 1.61. The van der Waals surface area contributed by atoms with E-state index in [4.69, 9.17) is 10.5 Å². The van der Waals surface area contributed by atoms with Gasteiger partial charge in [0.15, 0.2) is 5.78 Å². The molecule has 1 saturated heterocycles. The first-order chi connectivity index (χ1) is 18.5. The number of hydrogen-bond donors (Lipinski definition) is 1. The van der Waals surface area contributed by atoms with Crippen LogP contribution < -0.4 is 5.32 Å². The highest BCUT2D eigenvalue weighted by atomic mass is 16.1. The molecule has 3 heterocycles. The minimum atomic E-state index is -0.0814. The number of hydrogen-bond acceptors (Lipinski definition) is 6. The summed E-state index contributed by atoms with van der Waals surface area (Å²) in [6.45, 7) is 4.98. The van der Waals surface area contributed by atoms with E-state index in [9.17, 15) is 14.9 Å². The van der Waals surface area contributed by atoms with E-state index in [1.807, 2.05) is 29.7 Å². The van der Waals surface area contributed by atoms with Crippen LogP contribution in [0.2, 0.25) is 0 Å². The summed E-state index contributed by atoms with van der Waals surface area (Å²) in [6.07, 6.45) is 6.57. The zero-order chi connectivity index (χ0) is 26.9. The van der Waals surface area contributed by atoms with E-state index in [1.165, 1.54) is 6.42 Å². The maximum Gasteiger partial charge on any atom is 0.220 e. The quantitative estimate of drug-likeness (QED) is 0.131. The highest BCUT2D eigenvalue weighted by molar-refractivity contribution is 6.09. The molecule has 1 aliphatic heterocycles. The number of carbonyl (C=O) groups excluding carboxylic acids is 2. The van der Waals surface area contributed by atoms with Crippen LogP contribution in [0.1, 0.15) is 59.3 Å². The molecule has 2 aromatic heterocycles. The summed E-state index contributed by atoms with van der Waals surface area (Å²) < 4.78 is 2.02. The second-order valence-electron chi connectivity index (χ2n) is 9.58. The minimum absolute atomic E-state index is 0.0576. The molecule has 0 saturated carbocycles. The molecule has 38 heavy (non-hydrogen) atoms. The van der Waals surface area contributed by atoms with Gasteiger partial charge in [-0.3, -0.25) is 19.5 Å². The van der Waals surface area contributed by atoms with Gasteiger partial charge in [0.05, 0.1) is 34.8 Å². The standard InChI is InChI=1S/C28H32N8O2/c1-20-27(25(37)19-35-14-3-2-4-15-35)28-24(36(20)23-9-6-21(17-29)7-10-23)16-22(18-32-28)8-11-26(38)31-12-5-13-33-34-30/h6-7,9-10,16,18H,2-5,8,11-15,19H2,1H3,(H,31,38). The van der Waals surface area contributed by atoms with Crippen molar-refractivity contribution in [2.24, 2.45) is 5.11 Å². The predicted molar refractivity (Wildman–Crippen MR) is 145 cm³/mol. The van der Waals surface area contributed by atoms with Crippen molar-refractivity contribution in [2.45, 2.75) is 45.4 Å². The number of nitrogens with zero attached hydrogens (tertiary/aromatic N) is 7. The monoisotopic (exact) mass is 512 g/mol. The summed E-state index contributed by atoms with van der Waals surface area (Å²) in [7, 11) is 0. The molecule has 1 amide bonds. The number of likely N-dealkylation sites (tertiary alicyclic amines) is 1. The van der Waals surface area contributed by atoms with Crippen molar-refractivity contribution < 1.29 is 9.59 Å². The summed E-state index contributed by atoms with van der Waals surface area (Å²) in [4.78, 5) is 35.5. The van der Waals surface area contributed by atoms with E-state index >= 15 is 0 Å². The third-order valence-electron chi connectivity index (χ3n) is 6.91. The molecule has 0 aliphatic carbocycles. The number of pyridine rings is 1. The van der Waals surface area contributed by atoms with Crippen molar-refractivity contribution in [1.82, 2.24) is 19.8 Å². The van der Waals surface area contributed by atoms with Gasteiger partial charge in [0.1, 0.15) is 0 Å². The second kappa shape index (κ2) is 12.9. The fraction of sp³-hybridized carbons (Fsp3) is 0.429. The largest absolute Gasteiger partial charge is 0.356 e. The summed E-state index contributed by atoms with van der Waals surface area (Å²) in [5.74, 6) is -0.0238. The van der Waals surface area contributed by atoms with Gasteiger partial charge in [0, 0.05) is 42.0 Å². The number of azide groups is 1. The van der Waals surface area contributed by atoms with Crippen LogP contribution in [0.4, 0.5) is 0 Å². The molecule has 1 N–H and O–H groups in total. The van der Waals surface area contributed by atoms with E-state index in [-0.39, 0.29) is 11.7 Å². The Bertz CT molecular complexity index is 1390. The minimum Gasteiger partial charge on any atom is -0.356 e. The summed E-state index contributed by atoms with van der Waals surface area (Å²) in [5, 5.41) is 15.5. The van der Waals surface area contributed by atoms with Crippen LogP contribution in [-0.2, 0) is 11.2 Å². The number of nitriles is 1. The molecular formula is C28H32N8O2. The molecule has 3 aromatic rings. The molecule has 1 aliphatic rings.